The number of carbonyl (C=O) groups excluding carboxylic acids is 1. The molecule has 0 saturated carbocycles. The van der Waals surface area contributed by atoms with Gasteiger partial charge in [0.1, 0.15) is 0 Å². The summed E-state index contributed by atoms with van der Waals surface area (Å²) in [6.07, 6.45) is 3.04. The van der Waals surface area contributed by atoms with E-state index in [4.69, 9.17) is 17.0 Å². The van der Waals surface area contributed by atoms with Crippen molar-refractivity contribution in [3.63, 3.8) is 0 Å². The quantitative estimate of drug-likeness (QED) is 0.591. The number of hydrogen-bond acceptors (Lipinski definition) is 3. The molecule has 0 aliphatic carbocycles. The van der Waals surface area contributed by atoms with Crippen LogP contribution in [-0.2, 0) is 16.0 Å². The van der Waals surface area contributed by atoms with E-state index >= 15 is 0 Å². The Bertz CT molecular complexity index is 389. The van der Waals surface area contributed by atoms with Gasteiger partial charge in [-0.1, -0.05) is 30.3 Å². The number of ether oxygens (including phenoxy) is 1. The highest BCUT2D eigenvalue weighted by molar-refractivity contribution is 7.80. The molecule has 1 heterocycles. The van der Waals surface area contributed by atoms with E-state index in [0.717, 1.165) is 19.3 Å². The molecule has 90 valence electrons. The van der Waals surface area contributed by atoms with Gasteiger partial charge in [-0.3, -0.25) is 9.69 Å². The first-order chi connectivity index (χ1) is 8.27. The van der Waals surface area contributed by atoms with Crippen LogP contribution >= 0.6 is 12.2 Å². The molecule has 0 spiro atoms. The molecule has 1 saturated heterocycles. The van der Waals surface area contributed by atoms with Crippen molar-refractivity contribution in [1.29, 1.82) is 0 Å². The zero-order valence-electron chi connectivity index (χ0n) is 9.59. The minimum atomic E-state index is -0.0188. The highest BCUT2D eigenvalue weighted by atomic mass is 32.1. The lowest BCUT2D eigenvalue weighted by molar-refractivity contribution is -0.125. The maximum Gasteiger partial charge on any atom is 0.267 e. The number of aryl methyl sites for hydroxylation is 1. The largest absolute Gasteiger partial charge is 0.460 e. The van der Waals surface area contributed by atoms with Crippen LogP contribution in [0, 0.1) is 0 Å². The topological polar surface area (TPSA) is 29.5 Å². The van der Waals surface area contributed by atoms with Gasteiger partial charge in [0.15, 0.2) is 6.61 Å². The average molecular weight is 249 g/mol. The predicted molar refractivity (Wildman–Crippen MR) is 69.6 cm³/mol. The Hall–Kier alpha value is -1.42. The van der Waals surface area contributed by atoms with Crippen molar-refractivity contribution in [2.45, 2.75) is 19.3 Å². The Kier molecular flexibility index (Phi) is 4.09. The molecule has 1 aliphatic rings. The highest BCUT2D eigenvalue weighted by Gasteiger charge is 2.26. The van der Waals surface area contributed by atoms with Crippen molar-refractivity contribution in [3.05, 3.63) is 35.9 Å². The van der Waals surface area contributed by atoms with Crippen LogP contribution in [0.3, 0.4) is 0 Å². The molecule has 1 fully saturated rings. The van der Waals surface area contributed by atoms with E-state index in [2.05, 4.69) is 12.1 Å². The second-order valence-electron chi connectivity index (χ2n) is 4.04. The van der Waals surface area contributed by atoms with E-state index < -0.39 is 0 Å². The zero-order chi connectivity index (χ0) is 12.1. The van der Waals surface area contributed by atoms with Gasteiger partial charge >= 0.3 is 0 Å². The summed E-state index contributed by atoms with van der Waals surface area (Å²) in [7, 11) is 0. The minimum Gasteiger partial charge on any atom is -0.460 e. The molecule has 0 aromatic heterocycles. The molecular formula is C13H15NO2S. The molecule has 1 aliphatic heterocycles. The van der Waals surface area contributed by atoms with E-state index in [-0.39, 0.29) is 12.5 Å². The summed E-state index contributed by atoms with van der Waals surface area (Å²) in [5.74, 6) is -0.0188. The van der Waals surface area contributed by atoms with Gasteiger partial charge in [-0.25, -0.2) is 0 Å². The first kappa shape index (κ1) is 12.0. The summed E-state index contributed by atoms with van der Waals surface area (Å²) in [6, 6.07) is 10.3. The molecule has 1 aromatic rings. The molecule has 3 nitrogen and oxygen atoms in total. The maximum absolute atomic E-state index is 11.4. The monoisotopic (exact) mass is 249 g/mol. The summed E-state index contributed by atoms with van der Waals surface area (Å²) in [5, 5.41) is 0.328. The van der Waals surface area contributed by atoms with Crippen molar-refractivity contribution in [2.75, 3.05) is 13.2 Å². The molecule has 1 aromatic carbocycles. The smallest absolute Gasteiger partial charge is 0.267 e. The van der Waals surface area contributed by atoms with Gasteiger partial charge in [0.05, 0.1) is 0 Å². The number of amides is 1. The van der Waals surface area contributed by atoms with Gasteiger partial charge in [-0.05, 0) is 37.0 Å². The summed E-state index contributed by atoms with van der Waals surface area (Å²) in [6.45, 7) is 0.780. The van der Waals surface area contributed by atoms with E-state index in [1.165, 1.54) is 5.56 Å². The van der Waals surface area contributed by atoms with E-state index in [0.29, 0.717) is 11.7 Å². The second kappa shape index (κ2) is 5.77. The van der Waals surface area contributed by atoms with Crippen LogP contribution in [0.25, 0.3) is 0 Å². The van der Waals surface area contributed by atoms with Crippen LogP contribution < -0.4 is 0 Å². The Labute approximate surface area is 106 Å². The Morgan fingerprint density at radius 2 is 2.00 bits per heavy atom. The maximum atomic E-state index is 11.4. The van der Waals surface area contributed by atoms with Crippen LogP contribution in [0.4, 0.5) is 0 Å². The fourth-order valence-electron chi connectivity index (χ4n) is 1.84. The van der Waals surface area contributed by atoms with Crippen molar-refractivity contribution in [2.24, 2.45) is 0 Å². The lowest BCUT2D eigenvalue weighted by Crippen LogP contribution is -2.29. The summed E-state index contributed by atoms with van der Waals surface area (Å²) in [5.41, 5.74) is 1.33. The summed E-state index contributed by atoms with van der Waals surface area (Å²) < 4.78 is 5.00. The summed E-state index contributed by atoms with van der Waals surface area (Å²) >= 11 is 4.94. The molecule has 0 N–H and O–H groups in total. The average Bonchev–Trinajstić information content (AvgIpc) is 2.67. The van der Waals surface area contributed by atoms with Gasteiger partial charge in [0, 0.05) is 6.54 Å². The molecule has 0 atom stereocenters. The van der Waals surface area contributed by atoms with Crippen LogP contribution in [0.2, 0.25) is 0 Å². The van der Waals surface area contributed by atoms with Crippen LogP contribution in [0.1, 0.15) is 18.4 Å². The van der Waals surface area contributed by atoms with E-state index in [1.54, 1.807) is 4.90 Å². The summed E-state index contributed by atoms with van der Waals surface area (Å²) in [4.78, 5) is 12.9. The third-order valence-corrected chi connectivity index (χ3v) is 3.12. The number of hydrogen-bond donors (Lipinski definition) is 0. The number of unbranched alkanes of at least 4 members (excludes halogenated alkanes) is 1. The van der Waals surface area contributed by atoms with Gasteiger partial charge < -0.3 is 4.74 Å². The van der Waals surface area contributed by atoms with Crippen molar-refractivity contribution >= 4 is 23.3 Å². The zero-order valence-corrected chi connectivity index (χ0v) is 10.4. The van der Waals surface area contributed by atoms with Crippen molar-refractivity contribution in [3.8, 4) is 0 Å². The standard InChI is InChI=1S/C13H15NO2S/c15-12-10-16-13(17)14(12)9-5-4-8-11-6-2-1-3-7-11/h1-3,6-7H,4-5,8-10H2. The van der Waals surface area contributed by atoms with Gasteiger partial charge in [-0.2, -0.15) is 0 Å². The van der Waals surface area contributed by atoms with Gasteiger partial charge in [-0.15, -0.1) is 0 Å². The molecule has 0 bridgehead atoms. The lowest BCUT2D eigenvalue weighted by atomic mass is 10.1. The molecule has 17 heavy (non-hydrogen) atoms. The Morgan fingerprint density at radius 3 is 2.65 bits per heavy atom. The van der Waals surface area contributed by atoms with Crippen LogP contribution in [0.5, 0.6) is 0 Å². The van der Waals surface area contributed by atoms with E-state index in [1.807, 2.05) is 18.2 Å². The van der Waals surface area contributed by atoms with Crippen LogP contribution in [-0.4, -0.2) is 29.1 Å². The molecule has 4 heteroatoms. The normalized spacial score (nSPS) is 15.2. The predicted octanol–water partition coefficient (Wildman–Crippen LogP) is 2.15. The van der Waals surface area contributed by atoms with E-state index in [9.17, 15) is 4.79 Å². The molecule has 2 rings (SSSR count). The molecular weight excluding hydrogens is 234 g/mol. The lowest BCUT2D eigenvalue weighted by Gasteiger charge is -2.12. The second-order valence-corrected chi connectivity index (χ2v) is 4.39. The minimum absolute atomic E-state index is 0.0188. The first-order valence-corrected chi connectivity index (χ1v) is 6.19. The number of benzene rings is 1. The number of rotatable bonds is 5. The van der Waals surface area contributed by atoms with Crippen molar-refractivity contribution < 1.29 is 9.53 Å². The number of thiocarbonyl (C=S) groups is 1. The van der Waals surface area contributed by atoms with Crippen LogP contribution in [0.15, 0.2) is 30.3 Å². The van der Waals surface area contributed by atoms with Gasteiger partial charge in [0.2, 0.25) is 0 Å². The number of nitrogens with zero attached hydrogens (tertiary/aromatic N) is 1. The third-order valence-electron chi connectivity index (χ3n) is 2.78. The Morgan fingerprint density at radius 1 is 1.24 bits per heavy atom. The molecule has 1 amide bonds. The Balaban J connectivity index is 1.70. The first-order valence-electron chi connectivity index (χ1n) is 5.78. The third kappa shape index (κ3) is 3.27. The number of carbonyl (C=O) groups is 1. The molecule has 0 radical (unpaired) electrons. The highest BCUT2D eigenvalue weighted by Crippen LogP contribution is 2.09. The fraction of sp³-hybridized carbons (Fsp3) is 0.385. The SMILES string of the molecule is O=C1COC(=S)N1CCCCc1ccccc1. The van der Waals surface area contributed by atoms with Gasteiger partial charge in [0.25, 0.3) is 11.1 Å². The fourth-order valence-corrected chi connectivity index (χ4v) is 2.09. The molecule has 0 unspecified atom stereocenters. The van der Waals surface area contributed by atoms with Crippen molar-refractivity contribution in [1.82, 2.24) is 4.90 Å².